The van der Waals surface area contributed by atoms with Gasteiger partial charge in [-0.1, -0.05) is 29.3 Å². The van der Waals surface area contributed by atoms with Gasteiger partial charge in [-0.3, -0.25) is 0 Å². The molecular formula is C12H14Cl2O2. The van der Waals surface area contributed by atoms with Crippen molar-refractivity contribution < 1.29 is 9.84 Å². The highest BCUT2D eigenvalue weighted by atomic mass is 35.5. The number of aliphatic hydroxyl groups is 1. The molecule has 0 radical (unpaired) electrons. The molecule has 1 fully saturated rings. The maximum atomic E-state index is 10.3. The van der Waals surface area contributed by atoms with Crippen LogP contribution < -0.4 is 0 Å². The molecule has 1 aliphatic heterocycles. The van der Waals surface area contributed by atoms with E-state index in [4.69, 9.17) is 27.9 Å². The third-order valence-corrected chi connectivity index (χ3v) is 3.67. The summed E-state index contributed by atoms with van der Waals surface area (Å²) >= 11 is 12.1. The first-order chi connectivity index (χ1) is 7.70. The van der Waals surface area contributed by atoms with E-state index in [2.05, 4.69) is 0 Å². The largest absolute Gasteiger partial charge is 0.388 e. The Balaban J connectivity index is 2.22. The molecule has 0 unspecified atom stereocenters. The second-order valence-electron chi connectivity index (χ2n) is 4.03. The Bertz CT molecular complexity index is 342. The van der Waals surface area contributed by atoms with Crippen molar-refractivity contribution in [2.45, 2.75) is 18.9 Å². The highest BCUT2D eigenvalue weighted by Crippen LogP contribution is 2.37. The molecule has 1 saturated heterocycles. The van der Waals surface area contributed by atoms with Crippen molar-refractivity contribution in [3.63, 3.8) is 0 Å². The molecule has 16 heavy (non-hydrogen) atoms. The molecule has 4 heteroatoms. The van der Waals surface area contributed by atoms with Crippen LogP contribution in [0.3, 0.4) is 0 Å². The second kappa shape index (κ2) is 5.37. The molecule has 88 valence electrons. The van der Waals surface area contributed by atoms with E-state index in [1.54, 1.807) is 18.2 Å². The topological polar surface area (TPSA) is 29.5 Å². The van der Waals surface area contributed by atoms with E-state index in [1.165, 1.54) is 0 Å². The van der Waals surface area contributed by atoms with Crippen LogP contribution in [-0.2, 0) is 4.74 Å². The van der Waals surface area contributed by atoms with Crippen LogP contribution in [0.1, 0.15) is 24.5 Å². The lowest BCUT2D eigenvalue weighted by molar-refractivity contribution is 0.00726. The molecule has 1 aromatic carbocycles. The average molecular weight is 261 g/mol. The zero-order valence-electron chi connectivity index (χ0n) is 8.83. The van der Waals surface area contributed by atoms with Crippen molar-refractivity contribution in [3.05, 3.63) is 33.8 Å². The van der Waals surface area contributed by atoms with Crippen molar-refractivity contribution in [1.29, 1.82) is 0 Å². The molecule has 0 amide bonds. The Morgan fingerprint density at radius 1 is 1.19 bits per heavy atom. The van der Waals surface area contributed by atoms with Gasteiger partial charge < -0.3 is 9.84 Å². The van der Waals surface area contributed by atoms with Gasteiger partial charge in [0.2, 0.25) is 0 Å². The van der Waals surface area contributed by atoms with Gasteiger partial charge in [-0.25, -0.2) is 0 Å². The maximum Gasteiger partial charge on any atom is 0.0848 e. The van der Waals surface area contributed by atoms with Gasteiger partial charge in [-0.15, -0.1) is 0 Å². The van der Waals surface area contributed by atoms with E-state index in [0.717, 1.165) is 12.8 Å². The summed E-state index contributed by atoms with van der Waals surface area (Å²) in [5.74, 6) is 0.186. The molecule has 2 nitrogen and oxygen atoms in total. The molecule has 1 atom stereocenters. The molecule has 0 bridgehead atoms. The average Bonchev–Trinajstić information content (AvgIpc) is 2.30. The van der Waals surface area contributed by atoms with Crippen LogP contribution in [0.25, 0.3) is 0 Å². The molecule has 1 N–H and O–H groups in total. The Hall–Kier alpha value is -0.280. The summed E-state index contributed by atoms with van der Waals surface area (Å²) in [4.78, 5) is 0. The lowest BCUT2D eigenvalue weighted by atomic mass is 9.89. The minimum Gasteiger partial charge on any atom is -0.388 e. The zero-order valence-corrected chi connectivity index (χ0v) is 10.3. The van der Waals surface area contributed by atoms with Crippen LogP contribution in [0.15, 0.2) is 18.2 Å². The van der Waals surface area contributed by atoms with E-state index in [0.29, 0.717) is 28.8 Å². The van der Waals surface area contributed by atoms with Crippen LogP contribution in [0.2, 0.25) is 10.0 Å². The number of hydrogen-bond acceptors (Lipinski definition) is 2. The van der Waals surface area contributed by atoms with Gasteiger partial charge >= 0.3 is 0 Å². The van der Waals surface area contributed by atoms with Gasteiger partial charge in [0.1, 0.15) is 0 Å². The van der Waals surface area contributed by atoms with Crippen molar-refractivity contribution in [2.75, 3.05) is 13.2 Å². The lowest BCUT2D eigenvalue weighted by Crippen LogP contribution is -2.22. The third kappa shape index (κ3) is 2.51. The molecule has 1 heterocycles. The fourth-order valence-corrected chi connectivity index (χ4v) is 2.68. The third-order valence-electron chi connectivity index (χ3n) is 3.01. The number of ether oxygens (including phenoxy) is 1. The number of hydrogen-bond donors (Lipinski definition) is 1. The van der Waals surface area contributed by atoms with Gasteiger partial charge in [-0.2, -0.15) is 0 Å². The summed E-state index contributed by atoms with van der Waals surface area (Å²) in [5.41, 5.74) is 0.651. The number of aliphatic hydroxyl groups excluding tert-OH is 1. The normalized spacial score (nSPS) is 19.7. The molecule has 0 aliphatic carbocycles. The molecule has 0 aromatic heterocycles. The minimum absolute atomic E-state index is 0.186. The van der Waals surface area contributed by atoms with E-state index in [-0.39, 0.29) is 5.92 Å². The van der Waals surface area contributed by atoms with E-state index in [9.17, 15) is 5.11 Å². The van der Waals surface area contributed by atoms with E-state index < -0.39 is 6.10 Å². The van der Waals surface area contributed by atoms with Crippen molar-refractivity contribution in [1.82, 2.24) is 0 Å². The molecule has 0 spiro atoms. The summed E-state index contributed by atoms with van der Waals surface area (Å²) in [7, 11) is 0. The highest BCUT2D eigenvalue weighted by molar-refractivity contribution is 6.36. The van der Waals surface area contributed by atoms with Gasteiger partial charge in [0, 0.05) is 28.8 Å². The predicted molar refractivity (Wildman–Crippen MR) is 65.0 cm³/mol. The van der Waals surface area contributed by atoms with Crippen molar-refractivity contribution >= 4 is 23.2 Å². The van der Waals surface area contributed by atoms with Gasteiger partial charge in [-0.05, 0) is 30.9 Å². The first kappa shape index (κ1) is 12.2. The number of rotatable bonds is 2. The predicted octanol–water partition coefficient (Wildman–Crippen LogP) is 3.45. The van der Waals surface area contributed by atoms with Crippen LogP contribution >= 0.6 is 23.2 Å². The van der Waals surface area contributed by atoms with Crippen molar-refractivity contribution in [2.24, 2.45) is 5.92 Å². The monoisotopic (exact) mass is 260 g/mol. The Morgan fingerprint density at radius 3 is 2.31 bits per heavy atom. The Labute approximate surface area is 105 Å². The molecule has 1 aliphatic rings. The zero-order chi connectivity index (χ0) is 11.5. The van der Waals surface area contributed by atoms with Crippen LogP contribution in [-0.4, -0.2) is 18.3 Å². The first-order valence-electron chi connectivity index (χ1n) is 5.40. The Morgan fingerprint density at radius 2 is 1.75 bits per heavy atom. The summed E-state index contributed by atoms with van der Waals surface area (Å²) in [5, 5.41) is 11.4. The highest BCUT2D eigenvalue weighted by Gasteiger charge is 2.26. The molecule has 1 aromatic rings. The quantitative estimate of drug-likeness (QED) is 0.883. The van der Waals surface area contributed by atoms with Gasteiger partial charge in [0.15, 0.2) is 0 Å². The van der Waals surface area contributed by atoms with Crippen LogP contribution in [0.5, 0.6) is 0 Å². The lowest BCUT2D eigenvalue weighted by Gasteiger charge is -2.27. The summed E-state index contributed by atoms with van der Waals surface area (Å²) < 4.78 is 5.27. The van der Waals surface area contributed by atoms with E-state index in [1.807, 2.05) is 0 Å². The summed E-state index contributed by atoms with van der Waals surface area (Å²) in [6.45, 7) is 1.40. The van der Waals surface area contributed by atoms with Crippen LogP contribution in [0, 0.1) is 5.92 Å². The fraction of sp³-hybridized carbons (Fsp3) is 0.500. The molecule has 2 rings (SSSR count). The maximum absolute atomic E-state index is 10.3. The second-order valence-corrected chi connectivity index (χ2v) is 4.84. The van der Waals surface area contributed by atoms with Gasteiger partial charge in [0.25, 0.3) is 0 Å². The fourth-order valence-electron chi connectivity index (χ4n) is 2.06. The SMILES string of the molecule is O[C@@H](c1c(Cl)cccc1Cl)C1CCOCC1. The smallest absolute Gasteiger partial charge is 0.0848 e. The minimum atomic E-state index is -0.593. The number of halogens is 2. The summed E-state index contributed by atoms with van der Waals surface area (Å²) in [6.07, 6.45) is 1.11. The van der Waals surface area contributed by atoms with Crippen molar-refractivity contribution in [3.8, 4) is 0 Å². The standard InChI is InChI=1S/C12H14Cl2O2/c13-9-2-1-3-10(14)11(9)12(15)8-4-6-16-7-5-8/h1-3,8,12,15H,4-7H2/t12-/m1/s1. The van der Waals surface area contributed by atoms with E-state index >= 15 is 0 Å². The first-order valence-corrected chi connectivity index (χ1v) is 6.15. The molecular weight excluding hydrogens is 247 g/mol. The molecule has 0 saturated carbocycles. The Kier molecular flexibility index (Phi) is 4.09. The van der Waals surface area contributed by atoms with Gasteiger partial charge in [0.05, 0.1) is 6.10 Å². The number of benzene rings is 1. The van der Waals surface area contributed by atoms with Crippen LogP contribution in [0.4, 0.5) is 0 Å². The summed E-state index contributed by atoms with van der Waals surface area (Å²) in [6, 6.07) is 5.29.